The summed E-state index contributed by atoms with van der Waals surface area (Å²) in [6, 6.07) is 14.6. The van der Waals surface area contributed by atoms with Crippen LogP contribution in [0.3, 0.4) is 0 Å². The van der Waals surface area contributed by atoms with Crippen molar-refractivity contribution in [3.8, 4) is 34.4 Å². The van der Waals surface area contributed by atoms with Crippen LogP contribution in [-0.2, 0) is 12.8 Å². The smallest absolute Gasteiger partial charge is 0.269 e. The lowest BCUT2D eigenvalue weighted by Gasteiger charge is -2.35. The van der Waals surface area contributed by atoms with Crippen molar-refractivity contribution in [2.24, 2.45) is 0 Å². The van der Waals surface area contributed by atoms with E-state index in [0.29, 0.717) is 84.2 Å². The fourth-order valence-corrected chi connectivity index (χ4v) is 5.93. The summed E-state index contributed by atoms with van der Waals surface area (Å²) < 4.78 is 53.4. The van der Waals surface area contributed by atoms with Crippen LogP contribution < -0.4 is 24.5 Å². The number of ketones is 1. The molecule has 3 aromatic carbocycles. The first kappa shape index (κ1) is 31.3. The van der Waals surface area contributed by atoms with Crippen LogP contribution in [0.4, 0.5) is 8.78 Å². The highest BCUT2D eigenvalue weighted by molar-refractivity contribution is 6.00. The van der Waals surface area contributed by atoms with Crippen LogP contribution in [0.1, 0.15) is 21.5 Å². The van der Waals surface area contributed by atoms with Crippen molar-refractivity contribution in [2.75, 3.05) is 40.0 Å². The molecule has 48 heavy (non-hydrogen) atoms. The van der Waals surface area contributed by atoms with Crippen molar-refractivity contribution < 1.29 is 37.6 Å². The van der Waals surface area contributed by atoms with E-state index in [9.17, 15) is 19.1 Å². The molecule has 0 spiro atoms. The largest absolute Gasteiger partial charge is 0.493 e. The molecule has 1 saturated heterocycles. The number of fused-ring (bicyclic) bond motifs is 2. The highest BCUT2D eigenvalue weighted by Gasteiger charge is 2.27. The van der Waals surface area contributed by atoms with E-state index >= 15 is 4.39 Å². The Balaban J connectivity index is 1.10. The van der Waals surface area contributed by atoms with Gasteiger partial charge in [-0.05, 0) is 54.1 Å². The maximum Gasteiger partial charge on any atom is 0.269 e. The second kappa shape index (κ2) is 13.1. The molecule has 5 aromatic rings. The van der Waals surface area contributed by atoms with Gasteiger partial charge in [0.15, 0.2) is 28.8 Å². The van der Waals surface area contributed by atoms with E-state index < -0.39 is 23.0 Å². The number of rotatable bonds is 11. The van der Waals surface area contributed by atoms with Crippen LogP contribution in [0, 0.1) is 11.6 Å². The van der Waals surface area contributed by atoms with Crippen molar-refractivity contribution in [2.45, 2.75) is 18.9 Å². The minimum atomic E-state index is -0.702. The predicted molar refractivity (Wildman–Crippen MR) is 172 cm³/mol. The van der Waals surface area contributed by atoms with Crippen molar-refractivity contribution in [3.63, 3.8) is 0 Å². The number of aromatic nitrogens is 2. The van der Waals surface area contributed by atoms with Crippen molar-refractivity contribution in [1.82, 2.24) is 14.5 Å². The number of likely N-dealkylation sites (tertiary alicyclic amines) is 1. The summed E-state index contributed by atoms with van der Waals surface area (Å²) in [4.78, 5) is 33.5. The number of hydrogen-bond acceptors (Lipinski definition) is 9. The number of ether oxygens (including phenoxy) is 4. The number of β-amino-alcohol motifs (C(OH)–C–C–N with tert-alkyl or cyclic N) is 1. The summed E-state index contributed by atoms with van der Waals surface area (Å²) >= 11 is 0. The quantitative estimate of drug-likeness (QED) is 0.199. The summed E-state index contributed by atoms with van der Waals surface area (Å²) in [5.74, 6) is -0.245. The minimum Gasteiger partial charge on any atom is -0.493 e. The zero-order valence-electron chi connectivity index (χ0n) is 25.9. The Hall–Kier alpha value is -5.33. The molecule has 0 unspecified atom stereocenters. The van der Waals surface area contributed by atoms with Gasteiger partial charge in [0.2, 0.25) is 0 Å². The van der Waals surface area contributed by atoms with E-state index in [1.807, 2.05) is 0 Å². The highest BCUT2D eigenvalue weighted by atomic mass is 19.1. The molecule has 0 amide bonds. The molecule has 246 valence electrons. The normalized spacial score (nSPS) is 14.3. The summed E-state index contributed by atoms with van der Waals surface area (Å²) in [5, 5.41) is 10.0. The molecule has 0 atom stereocenters. The van der Waals surface area contributed by atoms with Crippen molar-refractivity contribution in [3.05, 3.63) is 112 Å². The lowest BCUT2D eigenvalue weighted by Crippen LogP contribution is -2.51. The van der Waals surface area contributed by atoms with Gasteiger partial charge in [-0.1, -0.05) is 6.07 Å². The van der Waals surface area contributed by atoms with Crippen LogP contribution >= 0.6 is 0 Å². The number of benzene rings is 3. The number of aliphatic hydroxyl groups is 1. The van der Waals surface area contributed by atoms with Gasteiger partial charge < -0.3 is 24.1 Å². The van der Waals surface area contributed by atoms with Gasteiger partial charge in [-0.3, -0.25) is 24.0 Å². The maximum absolute atomic E-state index is 15.4. The van der Waals surface area contributed by atoms with Gasteiger partial charge in [0.1, 0.15) is 29.5 Å². The number of carbonyl (C=O) groups excluding carboxylic acids is 1. The second-order valence-electron chi connectivity index (χ2n) is 11.7. The van der Waals surface area contributed by atoms with Crippen molar-refractivity contribution >= 4 is 16.7 Å². The number of Topliss-reactive ketones (excluding diaryl/α,β-unsaturated/α-hetero) is 1. The fourth-order valence-electron chi connectivity index (χ4n) is 5.93. The van der Waals surface area contributed by atoms with Crippen LogP contribution in [0.15, 0.2) is 77.9 Å². The Morgan fingerprint density at radius 2 is 1.83 bits per heavy atom. The number of aliphatic hydroxyl groups excluding tert-OH is 1. The first-order valence-electron chi connectivity index (χ1n) is 15.4. The molecule has 12 heteroatoms. The monoisotopic (exact) mass is 655 g/mol. The van der Waals surface area contributed by atoms with Crippen LogP contribution in [0.5, 0.6) is 28.7 Å². The summed E-state index contributed by atoms with van der Waals surface area (Å²) in [6.45, 7) is 2.62. The Labute approximate surface area is 273 Å². The van der Waals surface area contributed by atoms with E-state index in [4.69, 9.17) is 18.9 Å². The SMILES string of the molecule is COc1cc2c(Oc3ccc(CC(=O)c4c5c(cn(-c6ccc(F)cc6)c4=O)CCO5)cc3F)ccnc2cc1OCCN1CC(O)C1. The van der Waals surface area contributed by atoms with Gasteiger partial charge in [0.05, 0.1) is 25.3 Å². The number of carbonyl (C=O) groups is 1. The molecule has 2 aliphatic heterocycles. The van der Waals surface area contributed by atoms with E-state index in [1.165, 1.54) is 48.1 Å². The first-order chi connectivity index (χ1) is 23.3. The van der Waals surface area contributed by atoms with Crippen LogP contribution in [0.25, 0.3) is 16.6 Å². The Morgan fingerprint density at radius 1 is 1.02 bits per heavy atom. The van der Waals surface area contributed by atoms with E-state index in [1.54, 1.807) is 36.7 Å². The average Bonchev–Trinajstić information content (AvgIpc) is 3.53. The molecule has 10 nitrogen and oxygen atoms in total. The van der Waals surface area contributed by atoms with E-state index in [0.717, 1.165) is 0 Å². The van der Waals surface area contributed by atoms with E-state index in [-0.39, 0.29) is 29.6 Å². The van der Waals surface area contributed by atoms with Crippen molar-refractivity contribution in [1.29, 1.82) is 0 Å². The number of methoxy groups -OCH3 is 1. The van der Waals surface area contributed by atoms with Gasteiger partial charge in [-0.15, -0.1) is 0 Å². The average molecular weight is 656 g/mol. The Kier molecular flexibility index (Phi) is 8.50. The number of hydrogen-bond donors (Lipinski definition) is 1. The highest BCUT2D eigenvalue weighted by Crippen LogP contribution is 2.38. The summed E-state index contributed by atoms with van der Waals surface area (Å²) in [7, 11) is 1.52. The predicted octanol–water partition coefficient (Wildman–Crippen LogP) is 4.88. The zero-order valence-corrected chi connectivity index (χ0v) is 25.9. The number of halogens is 2. The van der Waals surface area contributed by atoms with E-state index in [2.05, 4.69) is 9.88 Å². The Morgan fingerprint density at radius 3 is 2.58 bits per heavy atom. The lowest BCUT2D eigenvalue weighted by molar-refractivity contribution is -0.00400. The molecular formula is C36H31F2N3O7. The maximum atomic E-state index is 15.4. The third-order valence-electron chi connectivity index (χ3n) is 8.41. The number of pyridine rings is 2. The first-order valence-corrected chi connectivity index (χ1v) is 15.4. The van der Waals surface area contributed by atoms with Gasteiger partial charge >= 0.3 is 0 Å². The molecular weight excluding hydrogens is 624 g/mol. The molecule has 4 heterocycles. The van der Waals surface area contributed by atoms with Gasteiger partial charge in [-0.25, -0.2) is 8.78 Å². The van der Waals surface area contributed by atoms with Gasteiger partial charge in [0, 0.05) is 67.6 Å². The molecule has 0 bridgehead atoms. The molecule has 0 aliphatic carbocycles. The van der Waals surface area contributed by atoms with Gasteiger partial charge in [0.25, 0.3) is 5.56 Å². The molecule has 2 aliphatic rings. The number of nitrogens with zero attached hydrogens (tertiary/aromatic N) is 3. The molecule has 0 radical (unpaired) electrons. The molecule has 2 aromatic heterocycles. The standard InChI is InChI=1S/C36H31F2N3O7/c1-45-32-16-26-28(17-33(32)46-13-11-40-19-25(42)20-40)39-10-8-30(26)48-31-7-2-21(14-27(31)38)15-29(43)34-35-22(9-12-47-35)18-41(36(34)44)24-5-3-23(37)4-6-24/h2-8,10,14,16-18,25,42H,9,11-13,15,19-20H2,1H3. The molecule has 1 fully saturated rings. The minimum absolute atomic E-state index is 0.0719. The second-order valence-corrected chi connectivity index (χ2v) is 11.7. The topological polar surface area (TPSA) is 112 Å². The summed E-state index contributed by atoms with van der Waals surface area (Å²) in [5.41, 5.74) is 1.25. The lowest BCUT2D eigenvalue weighted by atomic mass is 10.0. The van der Waals surface area contributed by atoms with Gasteiger partial charge in [-0.2, -0.15) is 0 Å². The zero-order chi connectivity index (χ0) is 33.4. The fraction of sp³-hybridized carbons (Fsp3) is 0.250. The molecule has 0 saturated carbocycles. The Bertz CT molecular complexity index is 2080. The molecule has 1 N–H and O–H groups in total. The third kappa shape index (κ3) is 6.19. The van der Waals surface area contributed by atoms with Crippen LogP contribution in [0.2, 0.25) is 0 Å². The third-order valence-corrected chi connectivity index (χ3v) is 8.41. The molecule has 7 rings (SSSR count). The van der Waals surface area contributed by atoms with Crippen LogP contribution in [-0.4, -0.2) is 71.4 Å². The summed E-state index contributed by atoms with van der Waals surface area (Å²) in [6.07, 6.45) is 3.11.